The zero-order chi connectivity index (χ0) is 11.3. The highest BCUT2D eigenvalue weighted by atomic mass is 16.6. The van der Waals surface area contributed by atoms with E-state index in [1.807, 2.05) is 0 Å². The molecule has 0 unspecified atom stereocenters. The molecule has 0 bridgehead atoms. The molecule has 1 aromatic heterocycles. The number of carbonyl (C=O) groups excluding carboxylic acids is 1. The maximum atomic E-state index is 10.6. The lowest BCUT2D eigenvalue weighted by Crippen LogP contribution is -2.26. The van der Waals surface area contributed by atoms with Gasteiger partial charge in [0.15, 0.2) is 5.76 Å². The van der Waals surface area contributed by atoms with Gasteiger partial charge in [0.25, 0.3) is 5.91 Å². The van der Waals surface area contributed by atoms with Crippen molar-refractivity contribution in [3.8, 4) is 0 Å². The summed E-state index contributed by atoms with van der Waals surface area (Å²) in [6, 6.07) is 2.54. The molecule has 0 aliphatic carbocycles. The number of amides is 1. The molecule has 0 aromatic carbocycles. The summed E-state index contributed by atoms with van der Waals surface area (Å²) in [6.45, 7) is -0.185. The maximum Gasteiger partial charge on any atom is 0.433 e. The predicted molar refractivity (Wildman–Crippen MR) is 50.2 cm³/mol. The van der Waals surface area contributed by atoms with Crippen LogP contribution in [0.2, 0.25) is 0 Å². The number of nitro groups is 1. The van der Waals surface area contributed by atoms with Gasteiger partial charge in [-0.3, -0.25) is 14.9 Å². The van der Waals surface area contributed by atoms with Crippen molar-refractivity contribution in [2.75, 3.05) is 6.54 Å². The summed E-state index contributed by atoms with van der Waals surface area (Å²) in [6.07, 6.45) is 1.14. The number of hydrogen-bond acceptors (Lipinski definition) is 6. The molecule has 0 aliphatic heterocycles. The van der Waals surface area contributed by atoms with Gasteiger partial charge in [-0.2, -0.15) is 5.10 Å². The fourth-order valence-electron chi connectivity index (χ4n) is 0.723. The Hall–Kier alpha value is -2.22. The minimum Gasteiger partial charge on any atom is -0.400 e. The van der Waals surface area contributed by atoms with E-state index < -0.39 is 10.8 Å². The number of hydrogen-bond donors (Lipinski definition) is 2. The highest BCUT2D eigenvalue weighted by Crippen LogP contribution is 2.13. The van der Waals surface area contributed by atoms with Gasteiger partial charge >= 0.3 is 5.88 Å². The molecule has 0 fully saturated rings. The van der Waals surface area contributed by atoms with E-state index in [2.05, 4.69) is 10.5 Å². The average molecular weight is 212 g/mol. The summed E-state index contributed by atoms with van der Waals surface area (Å²) in [4.78, 5) is 20.2. The lowest BCUT2D eigenvalue weighted by Gasteiger charge is -1.91. The number of carbonyl (C=O) groups is 1. The Labute approximate surface area is 83.9 Å². The summed E-state index contributed by atoms with van der Waals surface area (Å²) >= 11 is 0. The molecule has 0 atom stereocenters. The smallest absolute Gasteiger partial charge is 0.400 e. The molecule has 8 heteroatoms. The molecule has 1 aromatic rings. The molecule has 1 rings (SSSR count). The van der Waals surface area contributed by atoms with Gasteiger partial charge in [-0.05, 0) is 6.07 Å². The van der Waals surface area contributed by atoms with Crippen LogP contribution in [0.4, 0.5) is 5.88 Å². The number of nitrogens with zero attached hydrogens (tertiary/aromatic N) is 2. The van der Waals surface area contributed by atoms with Crippen LogP contribution < -0.4 is 11.2 Å². The second kappa shape index (κ2) is 4.86. The van der Waals surface area contributed by atoms with E-state index in [0.717, 1.165) is 6.21 Å². The maximum absolute atomic E-state index is 10.6. The van der Waals surface area contributed by atoms with Crippen LogP contribution in [0.1, 0.15) is 5.76 Å². The van der Waals surface area contributed by atoms with Gasteiger partial charge in [0.1, 0.15) is 4.92 Å². The molecule has 0 saturated heterocycles. The monoisotopic (exact) mass is 212 g/mol. The van der Waals surface area contributed by atoms with Gasteiger partial charge < -0.3 is 10.2 Å². The third-order valence-electron chi connectivity index (χ3n) is 1.36. The Morgan fingerprint density at radius 1 is 1.73 bits per heavy atom. The highest BCUT2D eigenvalue weighted by Gasteiger charge is 2.10. The molecule has 1 heterocycles. The third kappa shape index (κ3) is 3.19. The molecular weight excluding hydrogens is 204 g/mol. The van der Waals surface area contributed by atoms with Crippen molar-refractivity contribution in [2.24, 2.45) is 10.8 Å². The zero-order valence-electron chi connectivity index (χ0n) is 7.54. The van der Waals surface area contributed by atoms with Crippen molar-refractivity contribution < 1.29 is 14.1 Å². The first-order valence-corrected chi connectivity index (χ1v) is 3.89. The summed E-state index contributed by atoms with van der Waals surface area (Å²) < 4.78 is 4.73. The third-order valence-corrected chi connectivity index (χ3v) is 1.36. The summed E-state index contributed by atoms with van der Waals surface area (Å²) in [5, 5.41) is 13.7. The second-order valence-corrected chi connectivity index (χ2v) is 2.43. The molecular formula is C7H8N4O4. The molecule has 0 aliphatic rings. The molecule has 0 saturated carbocycles. The normalized spacial score (nSPS) is 10.5. The van der Waals surface area contributed by atoms with Crippen molar-refractivity contribution in [3.63, 3.8) is 0 Å². The highest BCUT2D eigenvalue weighted by molar-refractivity contribution is 5.81. The van der Waals surface area contributed by atoms with Crippen LogP contribution in [-0.2, 0) is 4.79 Å². The van der Waals surface area contributed by atoms with Gasteiger partial charge in [-0.1, -0.05) is 0 Å². The molecule has 80 valence electrons. The average Bonchev–Trinajstić information content (AvgIpc) is 2.66. The van der Waals surface area contributed by atoms with Gasteiger partial charge in [-0.25, -0.2) is 5.43 Å². The SMILES string of the molecule is NCC(=O)N/N=C/c1ccc([N+](=O)[O-])o1. The fourth-order valence-corrected chi connectivity index (χ4v) is 0.723. The van der Waals surface area contributed by atoms with Crippen molar-refractivity contribution >= 4 is 18.0 Å². The summed E-state index contributed by atoms with van der Waals surface area (Å²) in [5.41, 5.74) is 7.09. The Morgan fingerprint density at radius 3 is 3.00 bits per heavy atom. The first-order valence-electron chi connectivity index (χ1n) is 3.89. The Kier molecular flexibility index (Phi) is 3.52. The predicted octanol–water partition coefficient (Wildman–Crippen LogP) is -0.403. The van der Waals surface area contributed by atoms with Crippen LogP contribution in [0.15, 0.2) is 21.7 Å². The largest absolute Gasteiger partial charge is 0.433 e. The lowest BCUT2D eigenvalue weighted by atomic mass is 10.5. The van der Waals surface area contributed by atoms with E-state index in [1.165, 1.54) is 12.1 Å². The number of nitrogens with two attached hydrogens (primary N) is 1. The van der Waals surface area contributed by atoms with Gasteiger partial charge in [-0.15, -0.1) is 0 Å². The number of hydrazone groups is 1. The van der Waals surface area contributed by atoms with E-state index in [0.29, 0.717) is 0 Å². The van der Waals surface area contributed by atoms with E-state index in [4.69, 9.17) is 10.2 Å². The molecule has 15 heavy (non-hydrogen) atoms. The minimum absolute atomic E-state index is 0.166. The van der Waals surface area contributed by atoms with Crippen LogP contribution in [0, 0.1) is 10.1 Å². The van der Waals surface area contributed by atoms with Gasteiger partial charge in [0.2, 0.25) is 0 Å². The molecule has 0 spiro atoms. The van der Waals surface area contributed by atoms with Crippen molar-refractivity contribution in [3.05, 3.63) is 28.0 Å². The van der Waals surface area contributed by atoms with E-state index in [1.54, 1.807) is 0 Å². The van der Waals surface area contributed by atoms with Crippen LogP contribution in [0.5, 0.6) is 0 Å². The minimum atomic E-state index is -0.671. The molecule has 3 N–H and O–H groups in total. The molecule has 1 amide bonds. The van der Waals surface area contributed by atoms with Crippen LogP contribution in [-0.4, -0.2) is 23.6 Å². The summed E-state index contributed by atoms with van der Waals surface area (Å²) in [7, 11) is 0. The first kappa shape index (κ1) is 10.9. The number of rotatable bonds is 4. The van der Waals surface area contributed by atoms with Crippen molar-refractivity contribution in [1.82, 2.24) is 5.43 Å². The quantitative estimate of drug-likeness (QED) is 0.399. The standard InChI is InChI=1S/C7H8N4O4/c8-3-6(12)10-9-4-5-1-2-7(15-5)11(13)14/h1-2,4H,3,8H2,(H,10,12)/b9-4+. The van der Waals surface area contributed by atoms with E-state index in [-0.39, 0.29) is 18.2 Å². The van der Waals surface area contributed by atoms with Gasteiger partial charge in [0, 0.05) is 0 Å². The van der Waals surface area contributed by atoms with E-state index in [9.17, 15) is 14.9 Å². The second-order valence-electron chi connectivity index (χ2n) is 2.43. The summed E-state index contributed by atoms with van der Waals surface area (Å²) in [5.74, 6) is -0.687. The van der Waals surface area contributed by atoms with Crippen LogP contribution in [0.3, 0.4) is 0 Å². The molecule has 8 nitrogen and oxygen atoms in total. The first-order chi connectivity index (χ1) is 7.13. The van der Waals surface area contributed by atoms with Crippen molar-refractivity contribution in [2.45, 2.75) is 0 Å². The van der Waals surface area contributed by atoms with Crippen LogP contribution >= 0.6 is 0 Å². The Morgan fingerprint density at radius 2 is 2.47 bits per heavy atom. The topological polar surface area (TPSA) is 124 Å². The van der Waals surface area contributed by atoms with Gasteiger partial charge in [0.05, 0.1) is 18.8 Å². The Balaban J connectivity index is 2.57. The van der Waals surface area contributed by atoms with Crippen molar-refractivity contribution in [1.29, 1.82) is 0 Å². The number of nitrogens with one attached hydrogen (secondary N) is 1. The fraction of sp³-hybridized carbons (Fsp3) is 0.143. The zero-order valence-corrected chi connectivity index (χ0v) is 7.54. The van der Waals surface area contributed by atoms with E-state index >= 15 is 0 Å². The number of furan rings is 1. The van der Waals surface area contributed by atoms with Crippen LogP contribution in [0.25, 0.3) is 0 Å². The lowest BCUT2D eigenvalue weighted by molar-refractivity contribution is -0.402. The Bertz CT molecular complexity index is 397. The molecule has 0 radical (unpaired) electrons.